The SMILES string of the molecule is CS(=O)(=O)N(CCCc1ccc(C#N)cc1)CCN1CC2CN(Cc3ccccc3)CC(C1)O2. The first-order valence-electron chi connectivity index (χ1n) is 12.0. The van der Waals surface area contributed by atoms with Gasteiger partial charge in [-0.15, -0.1) is 0 Å². The summed E-state index contributed by atoms with van der Waals surface area (Å²) in [5, 5.41) is 8.92. The van der Waals surface area contributed by atoms with Crippen molar-refractivity contribution in [3.8, 4) is 6.07 Å². The first-order chi connectivity index (χ1) is 16.4. The molecule has 8 heteroatoms. The van der Waals surface area contributed by atoms with E-state index in [0.717, 1.165) is 57.7 Å². The number of hydrogen-bond donors (Lipinski definition) is 0. The second-order valence-corrected chi connectivity index (χ2v) is 11.4. The van der Waals surface area contributed by atoms with Crippen LogP contribution in [0.1, 0.15) is 23.1 Å². The van der Waals surface area contributed by atoms with E-state index >= 15 is 0 Å². The lowest BCUT2D eigenvalue weighted by Gasteiger charge is -2.46. The van der Waals surface area contributed by atoms with Crippen molar-refractivity contribution in [2.45, 2.75) is 31.6 Å². The van der Waals surface area contributed by atoms with Crippen molar-refractivity contribution in [3.63, 3.8) is 0 Å². The van der Waals surface area contributed by atoms with Crippen LogP contribution in [-0.2, 0) is 27.7 Å². The van der Waals surface area contributed by atoms with Gasteiger partial charge in [-0.3, -0.25) is 9.80 Å². The van der Waals surface area contributed by atoms with Crippen molar-refractivity contribution in [1.29, 1.82) is 5.26 Å². The van der Waals surface area contributed by atoms with E-state index in [-0.39, 0.29) is 12.2 Å². The Labute approximate surface area is 203 Å². The maximum absolute atomic E-state index is 12.4. The average molecular weight is 483 g/mol. The highest BCUT2D eigenvalue weighted by molar-refractivity contribution is 7.88. The number of nitrogens with zero attached hydrogens (tertiary/aromatic N) is 4. The Morgan fingerprint density at radius 2 is 1.59 bits per heavy atom. The molecule has 2 aliphatic rings. The first kappa shape index (κ1) is 24.8. The molecule has 0 saturated carbocycles. The Kier molecular flexibility index (Phi) is 8.35. The van der Waals surface area contributed by atoms with Gasteiger partial charge in [0.05, 0.1) is 30.1 Å². The third-order valence-corrected chi connectivity index (χ3v) is 7.88. The summed E-state index contributed by atoms with van der Waals surface area (Å²) < 4.78 is 32.6. The molecule has 2 aromatic carbocycles. The summed E-state index contributed by atoms with van der Waals surface area (Å²) in [4.78, 5) is 4.83. The Bertz CT molecular complexity index is 1060. The molecule has 7 nitrogen and oxygen atoms in total. The molecule has 2 unspecified atom stereocenters. The van der Waals surface area contributed by atoms with E-state index in [1.54, 1.807) is 16.4 Å². The second-order valence-electron chi connectivity index (χ2n) is 9.39. The zero-order chi connectivity index (χ0) is 24.0. The van der Waals surface area contributed by atoms with Crippen molar-refractivity contribution < 1.29 is 13.2 Å². The normalized spacial score (nSPS) is 21.4. The number of nitriles is 1. The molecule has 0 radical (unpaired) electrons. The summed E-state index contributed by atoms with van der Waals surface area (Å²) in [6, 6.07) is 20.1. The highest BCUT2D eigenvalue weighted by atomic mass is 32.2. The maximum Gasteiger partial charge on any atom is 0.211 e. The summed E-state index contributed by atoms with van der Waals surface area (Å²) >= 11 is 0. The minimum atomic E-state index is -3.27. The van der Waals surface area contributed by atoms with Gasteiger partial charge < -0.3 is 4.74 Å². The van der Waals surface area contributed by atoms with Crippen molar-refractivity contribution in [1.82, 2.24) is 14.1 Å². The van der Waals surface area contributed by atoms with Crippen LogP contribution >= 0.6 is 0 Å². The molecule has 2 heterocycles. The predicted octanol–water partition coefficient (Wildman–Crippen LogP) is 2.34. The molecule has 0 spiro atoms. The van der Waals surface area contributed by atoms with Gasteiger partial charge in [0.1, 0.15) is 0 Å². The van der Waals surface area contributed by atoms with Crippen molar-refractivity contribution >= 4 is 10.0 Å². The Hall–Kier alpha value is -2.28. The van der Waals surface area contributed by atoms with Gasteiger partial charge >= 0.3 is 0 Å². The van der Waals surface area contributed by atoms with Crippen molar-refractivity contribution in [2.75, 3.05) is 52.1 Å². The first-order valence-corrected chi connectivity index (χ1v) is 13.8. The monoisotopic (exact) mass is 482 g/mol. The number of fused-ring (bicyclic) bond motifs is 2. The summed E-state index contributed by atoms with van der Waals surface area (Å²) in [5.41, 5.74) is 3.08. The fraction of sp³-hybridized carbons (Fsp3) is 0.500. The van der Waals surface area contributed by atoms with Crippen LogP contribution in [0.25, 0.3) is 0 Å². The Morgan fingerprint density at radius 1 is 0.941 bits per heavy atom. The summed E-state index contributed by atoms with van der Waals surface area (Å²) in [6.45, 7) is 6.15. The maximum atomic E-state index is 12.4. The zero-order valence-electron chi connectivity index (χ0n) is 19.8. The highest BCUT2D eigenvalue weighted by Gasteiger charge is 2.35. The third-order valence-electron chi connectivity index (χ3n) is 6.57. The smallest absolute Gasteiger partial charge is 0.211 e. The number of benzene rings is 2. The fourth-order valence-corrected chi connectivity index (χ4v) is 5.79. The van der Waals surface area contributed by atoms with Gasteiger partial charge in [0.25, 0.3) is 0 Å². The van der Waals surface area contributed by atoms with Crippen LogP contribution in [0.3, 0.4) is 0 Å². The molecule has 2 saturated heterocycles. The van der Waals surface area contributed by atoms with Gasteiger partial charge in [0.2, 0.25) is 10.0 Å². The van der Waals surface area contributed by atoms with Crippen LogP contribution in [0, 0.1) is 11.3 Å². The largest absolute Gasteiger partial charge is 0.370 e. The minimum absolute atomic E-state index is 0.166. The molecule has 34 heavy (non-hydrogen) atoms. The molecule has 2 atom stereocenters. The van der Waals surface area contributed by atoms with Gasteiger partial charge in [-0.05, 0) is 36.1 Å². The number of sulfonamides is 1. The van der Waals surface area contributed by atoms with Crippen LogP contribution < -0.4 is 0 Å². The van der Waals surface area contributed by atoms with Gasteiger partial charge in [0, 0.05) is 52.4 Å². The van der Waals surface area contributed by atoms with E-state index in [4.69, 9.17) is 10.00 Å². The van der Waals surface area contributed by atoms with Crippen LogP contribution in [0.2, 0.25) is 0 Å². The molecule has 4 rings (SSSR count). The standard InChI is InChI=1S/C26H34N4O3S/c1-34(31,32)30(13-5-8-22-9-11-23(16-27)12-10-22)15-14-28-18-25-20-29(21-26(19-28)33-25)17-24-6-3-2-4-7-24/h2-4,6-7,9-12,25-26H,5,8,13-15,17-21H2,1H3. The number of hydrogen-bond acceptors (Lipinski definition) is 6. The van der Waals surface area contributed by atoms with Crippen molar-refractivity contribution in [2.24, 2.45) is 0 Å². The van der Waals surface area contributed by atoms with Gasteiger partial charge in [0.15, 0.2) is 0 Å². The molecule has 2 aliphatic heterocycles. The summed E-state index contributed by atoms with van der Waals surface area (Å²) in [6.07, 6.45) is 3.17. The Morgan fingerprint density at radius 3 is 2.21 bits per heavy atom. The van der Waals surface area contributed by atoms with Crippen LogP contribution in [0.5, 0.6) is 0 Å². The average Bonchev–Trinajstić information content (AvgIpc) is 2.81. The predicted molar refractivity (Wildman–Crippen MR) is 133 cm³/mol. The topological polar surface area (TPSA) is 76.9 Å². The van der Waals surface area contributed by atoms with Gasteiger partial charge in [-0.2, -0.15) is 5.26 Å². The van der Waals surface area contributed by atoms with Gasteiger partial charge in [-0.25, -0.2) is 12.7 Å². The lowest BCUT2D eigenvalue weighted by Crippen LogP contribution is -2.59. The zero-order valence-corrected chi connectivity index (χ0v) is 20.7. The van der Waals surface area contributed by atoms with E-state index in [0.29, 0.717) is 18.7 Å². The summed E-state index contributed by atoms with van der Waals surface area (Å²) in [7, 11) is -3.27. The van der Waals surface area contributed by atoms with E-state index in [1.807, 2.05) is 18.2 Å². The molecule has 2 bridgehead atoms. The molecular formula is C26H34N4O3S. The van der Waals surface area contributed by atoms with Gasteiger partial charge in [-0.1, -0.05) is 42.5 Å². The molecule has 2 aromatic rings. The van der Waals surface area contributed by atoms with Crippen LogP contribution in [0.4, 0.5) is 0 Å². The quantitative estimate of drug-likeness (QED) is 0.517. The number of ether oxygens (including phenoxy) is 1. The molecule has 0 amide bonds. The number of rotatable bonds is 10. The van der Waals surface area contributed by atoms with E-state index in [9.17, 15) is 8.42 Å². The number of morpholine rings is 2. The molecular weight excluding hydrogens is 448 g/mol. The molecule has 2 fully saturated rings. The van der Waals surface area contributed by atoms with Crippen molar-refractivity contribution in [3.05, 3.63) is 71.3 Å². The van der Waals surface area contributed by atoms with E-state index < -0.39 is 10.0 Å². The Balaban J connectivity index is 1.24. The molecule has 182 valence electrons. The molecule has 0 N–H and O–H groups in total. The summed E-state index contributed by atoms with van der Waals surface area (Å²) in [5.74, 6) is 0. The number of aryl methyl sites for hydroxylation is 1. The van der Waals surface area contributed by atoms with E-state index in [1.165, 1.54) is 11.8 Å². The lowest BCUT2D eigenvalue weighted by molar-refractivity contribution is -0.140. The third kappa shape index (κ3) is 7.11. The minimum Gasteiger partial charge on any atom is -0.370 e. The molecule has 0 aromatic heterocycles. The second kappa shape index (κ2) is 11.4. The highest BCUT2D eigenvalue weighted by Crippen LogP contribution is 2.21. The van der Waals surface area contributed by atoms with Crippen LogP contribution in [-0.4, -0.2) is 86.8 Å². The fourth-order valence-electron chi connectivity index (χ4n) is 4.92. The lowest BCUT2D eigenvalue weighted by atomic mass is 10.1. The molecule has 0 aliphatic carbocycles. The van der Waals surface area contributed by atoms with Crippen LogP contribution in [0.15, 0.2) is 54.6 Å². The van der Waals surface area contributed by atoms with E-state index in [2.05, 4.69) is 40.1 Å².